The molecule has 6 nitrogen and oxygen atoms in total. The van der Waals surface area contributed by atoms with Crippen LogP contribution in [0.1, 0.15) is 38.1 Å². The summed E-state index contributed by atoms with van der Waals surface area (Å²) < 4.78 is 5.13. The van der Waals surface area contributed by atoms with Crippen molar-refractivity contribution < 1.29 is 9.32 Å². The van der Waals surface area contributed by atoms with Crippen LogP contribution in [0.5, 0.6) is 0 Å². The lowest BCUT2D eigenvalue weighted by Gasteiger charge is -2.40. The standard InChI is InChI=1S/C18H30N4O2/c1-14-4-6-22(7-5-14)18(23)16(3)21-10-8-20(9-11-21)13-17-12-15(2)24-19-17/h12,14,16H,4-11,13H2,1-3H3. The molecule has 2 fully saturated rings. The van der Waals surface area contributed by atoms with Crippen LogP contribution in [0, 0.1) is 12.8 Å². The Bertz CT molecular complexity index is 543. The Morgan fingerprint density at radius 3 is 2.50 bits per heavy atom. The van der Waals surface area contributed by atoms with Crippen LogP contribution in [0.4, 0.5) is 0 Å². The summed E-state index contributed by atoms with van der Waals surface area (Å²) in [6.45, 7) is 12.8. The van der Waals surface area contributed by atoms with Crippen molar-refractivity contribution in [1.82, 2.24) is 19.9 Å². The molecule has 3 rings (SSSR count). The van der Waals surface area contributed by atoms with Crippen molar-refractivity contribution in [2.75, 3.05) is 39.3 Å². The summed E-state index contributed by atoms with van der Waals surface area (Å²) in [6.07, 6.45) is 2.28. The van der Waals surface area contributed by atoms with Crippen LogP contribution in [0.2, 0.25) is 0 Å². The van der Waals surface area contributed by atoms with Gasteiger partial charge in [0, 0.05) is 51.9 Å². The van der Waals surface area contributed by atoms with E-state index < -0.39 is 0 Å². The number of nitrogens with zero attached hydrogens (tertiary/aromatic N) is 4. The van der Waals surface area contributed by atoms with Gasteiger partial charge in [-0.05, 0) is 32.6 Å². The molecular weight excluding hydrogens is 304 g/mol. The minimum atomic E-state index is -0.00477. The molecular formula is C18H30N4O2. The Hall–Kier alpha value is -1.40. The van der Waals surface area contributed by atoms with Crippen molar-refractivity contribution in [3.05, 3.63) is 17.5 Å². The molecule has 0 aliphatic carbocycles. The molecule has 0 saturated carbocycles. The number of piperidine rings is 1. The first kappa shape index (κ1) is 17.4. The summed E-state index contributed by atoms with van der Waals surface area (Å²) in [7, 11) is 0. The van der Waals surface area contributed by atoms with Crippen molar-refractivity contribution in [3.8, 4) is 0 Å². The smallest absolute Gasteiger partial charge is 0.239 e. The fourth-order valence-corrected chi connectivity index (χ4v) is 3.68. The summed E-state index contributed by atoms with van der Waals surface area (Å²) in [4.78, 5) is 19.5. The molecule has 0 N–H and O–H groups in total. The number of rotatable bonds is 4. The van der Waals surface area contributed by atoms with Crippen molar-refractivity contribution in [2.45, 2.75) is 46.2 Å². The average molecular weight is 334 g/mol. The first-order valence-corrected chi connectivity index (χ1v) is 9.20. The summed E-state index contributed by atoms with van der Waals surface area (Å²) in [5, 5.41) is 4.07. The topological polar surface area (TPSA) is 52.8 Å². The summed E-state index contributed by atoms with van der Waals surface area (Å²) in [5.41, 5.74) is 0.993. The van der Waals surface area contributed by atoms with Crippen molar-refractivity contribution in [2.24, 2.45) is 5.92 Å². The van der Waals surface area contributed by atoms with Crippen molar-refractivity contribution in [1.29, 1.82) is 0 Å². The van der Waals surface area contributed by atoms with Gasteiger partial charge in [-0.15, -0.1) is 0 Å². The van der Waals surface area contributed by atoms with E-state index in [1.165, 1.54) is 0 Å². The minimum Gasteiger partial charge on any atom is -0.361 e. The fraction of sp³-hybridized carbons (Fsp3) is 0.778. The zero-order valence-corrected chi connectivity index (χ0v) is 15.2. The van der Waals surface area contributed by atoms with E-state index in [4.69, 9.17) is 4.52 Å². The van der Waals surface area contributed by atoms with Gasteiger partial charge >= 0.3 is 0 Å². The average Bonchev–Trinajstić information content (AvgIpc) is 3.00. The first-order valence-electron chi connectivity index (χ1n) is 9.20. The Balaban J connectivity index is 1.46. The highest BCUT2D eigenvalue weighted by molar-refractivity contribution is 5.81. The molecule has 2 aliphatic heterocycles. The van der Waals surface area contributed by atoms with Gasteiger partial charge in [0.05, 0.1) is 11.7 Å². The largest absolute Gasteiger partial charge is 0.361 e. The van der Waals surface area contributed by atoms with Crippen LogP contribution in [0.25, 0.3) is 0 Å². The van der Waals surface area contributed by atoms with Gasteiger partial charge < -0.3 is 9.42 Å². The molecule has 1 aromatic rings. The van der Waals surface area contributed by atoms with E-state index in [-0.39, 0.29) is 6.04 Å². The van der Waals surface area contributed by atoms with E-state index in [1.54, 1.807) is 0 Å². The first-order chi connectivity index (χ1) is 11.5. The van der Waals surface area contributed by atoms with Gasteiger partial charge in [-0.1, -0.05) is 12.1 Å². The molecule has 3 heterocycles. The van der Waals surface area contributed by atoms with E-state index >= 15 is 0 Å². The lowest BCUT2D eigenvalue weighted by Crippen LogP contribution is -2.55. The minimum absolute atomic E-state index is 0.00477. The molecule has 0 radical (unpaired) electrons. The molecule has 6 heteroatoms. The monoisotopic (exact) mass is 334 g/mol. The normalized spacial score (nSPS) is 22.7. The molecule has 1 aromatic heterocycles. The second kappa shape index (κ2) is 7.66. The summed E-state index contributed by atoms with van der Waals surface area (Å²) in [6, 6.07) is 1.99. The Morgan fingerprint density at radius 1 is 1.25 bits per heavy atom. The van der Waals surface area contributed by atoms with Crippen LogP contribution >= 0.6 is 0 Å². The van der Waals surface area contributed by atoms with Crippen LogP contribution < -0.4 is 0 Å². The maximum atomic E-state index is 12.7. The van der Waals surface area contributed by atoms with Gasteiger partial charge in [0.25, 0.3) is 0 Å². The number of amides is 1. The maximum absolute atomic E-state index is 12.7. The third kappa shape index (κ3) is 4.16. The van der Waals surface area contributed by atoms with E-state index in [1.807, 2.05) is 13.0 Å². The molecule has 24 heavy (non-hydrogen) atoms. The number of aromatic nitrogens is 1. The molecule has 134 valence electrons. The molecule has 1 unspecified atom stereocenters. The highest BCUT2D eigenvalue weighted by atomic mass is 16.5. The van der Waals surface area contributed by atoms with Crippen LogP contribution in [0.15, 0.2) is 10.6 Å². The Kier molecular flexibility index (Phi) is 5.56. The number of aryl methyl sites for hydroxylation is 1. The zero-order chi connectivity index (χ0) is 17.1. The van der Waals surface area contributed by atoms with Crippen molar-refractivity contribution in [3.63, 3.8) is 0 Å². The van der Waals surface area contributed by atoms with Crippen LogP contribution in [-0.4, -0.2) is 71.1 Å². The number of carbonyl (C=O) groups is 1. The highest BCUT2D eigenvalue weighted by Gasteiger charge is 2.30. The zero-order valence-electron chi connectivity index (χ0n) is 15.2. The lowest BCUT2D eigenvalue weighted by atomic mass is 9.98. The van der Waals surface area contributed by atoms with Crippen LogP contribution in [0.3, 0.4) is 0 Å². The van der Waals surface area contributed by atoms with Gasteiger partial charge in [-0.3, -0.25) is 14.6 Å². The fourth-order valence-electron chi connectivity index (χ4n) is 3.68. The Labute approximate surface area is 144 Å². The quantitative estimate of drug-likeness (QED) is 0.840. The number of piperazine rings is 1. The molecule has 0 aromatic carbocycles. The Morgan fingerprint density at radius 2 is 1.92 bits per heavy atom. The predicted octanol–water partition coefficient (Wildman–Crippen LogP) is 1.75. The maximum Gasteiger partial charge on any atom is 0.239 e. The summed E-state index contributed by atoms with van der Waals surface area (Å²) in [5.74, 6) is 1.93. The molecule has 0 spiro atoms. The highest BCUT2D eigenvalue weighted by Crippen LogP contribution is 2.18. The van der Waals surface area contributed by atoms with Gasteiger partial charge in [0.1, 0.15) is 5.76 Å². The van der Waals surface area contributed by atoms with E-state index in [2.05, 4.69) is 33.7 Å². The number of hydrogen-bond acceptors (Lipinski definition) is 5. The summed E-state index contributed by atoms with van der Waals surface area (Å²) >= 11 is 0. The van der Waals surface area contributed by atoms with Gasteiger partial charge in [-0.2, -0.15) is 0 Å². The van der Waals surface area contributed by atoms with E-state index in [9.17, 15) is 4.79 Å². The number of carbonyl (C=O) groups excluding carboxylic acids is 1. The molecule has 2 saturated heterocycles. The van der Waals surface area contributed by atoms with E-state index in [0.29, 0.717) is 5.91 Å². The molecule has 0 bridgehead atoms. The van der Waals surface area contributed by atoms with Crippen LogP contribution in [-0.2, 0) is 11.3 Å². The second-order valence-electron chi connectivity index (χ2n) is 7.42. The van der Waals surface area contributed by atoms with Crippen molar-refractivity contribution >= 4 is 5.91 Å². The van der Waals surface area contributed by atoms with E-state index in [0.717, 1.165) is 76.0 Å². The third-order valence-corrected chi connectivity index (χ3v) is 5.47. The molecule has 1 atom stereocenters. The van der Waals surface area contributed by atoms with Gasteiger partial charge in [0.2, 0.25) is 5.91 Å². The molecule has 2 aliphatic rings. The lowest BCUT2D eigenvalue weighted by molar-refractivity contribution is -0.138. The third-order valence-electron chi connectivity index (χ3n) is 5.47. The predicted molar refractivity (Wildman–Crippen MR) is 92.5 cm³/mol. The number of likely N-dealkylation sites (tertiary alicyclic amines) is 1. The SMILES string of the molecule is Cc1cc(CN2CCN(C(C)C(=O)N3CCC(C)CC3)CC2)no1. The van der Waals surface area contributed by atoms with Gasteiger partial charge in [0.15, 0.2) is 0 Å². The second-order valence-corrected chi connectivity index (χ2v) is 7.42. The molecule has 1 amide bonds. The van der Waals surface area contributed by atoms with Gasteiger partial charge in [-0.25, -0.2) is 0 Å². The number of hydrogen-bond donors (Lipinski definition) is 0.